The molecule has 0 aliphatic heterocycles. The zero-order valence-corrected chi connectivity index (χ0v) is 9.49. The van der Waals surface area contributed by atoms with Crippen molar-refractivity contribution < 1.29 is 4.79 Å². The third kappa shape index (κ3) is 3.31. The summed E-state index contributed by atoms with van der Waals surface area (Å²) in [6.07, 6.45) is 5.97. The lowest BCUT2D eigenvalue weighted by Gasteiger charge is -2.07. The number of hydrogen-bond donors (Lipinski definition) is 2. The summed E-state index contributed by atoms with van der Waals surface area (Å²) >= 11 is 0. The van der Waals surface area contributed by atoms with Gasteiger partial charge in [0.1, 0.15) is 0 Å². The highest BCUT2D eigenvalue weighted by atomic mass is 16.1. The van der Waals surface area contributed by atoms with E-state index in [2.05, 4.69) is 15.6 Å². The Labute approximate surface area is 95.5 Å². The van der Waals surface area contributed by atoms with Crippen LogP contribution < -0.4 is 10.6 Å². The Morgan fingerprint density at radius 3 is 3.06 bits per heavy atom. The van der Waals surface area contributed by atoms with Crippen LogP contribution in [0.2, 0.25) is 0 Å². The molecule has 1 aliphatic rings. The van der Waals surface area contributed by atoms with Crippen LogP contribution in [0.25, 0.3) is 0 Å². The van der Waals surface area contributed by atoms with Crippen LogP contribution >= 0.6 is 0 Å². The van der Waals surface area contributed by atoms with Crippen molar-refractivity contribution in [3.63, 3.8) is 0 Å². The van der Waals surface area contributed by atoms with Crippen molar-refractivity contribution in [1.82, 2.24) is 15.6 Å². The van der Waals surface area contributed by atoms with E-state index >= 15 is 0 Å². The molecule has 0 saturated heterocycles. The lowest BCUT2D eigenvalue weighted by atomic mass is 10.1. The average Bonchev–Trinajstić information content (AvgIpc) is 3.09. The Morgan fingerprint density at radius 1 is 1.56 bits per heavy atom. The highest BCUT2D eigenvalue weighted by Gasteiger charge is 2.20. The number of amides is 1. The Balaban J connectivity index is 1.73. The molecule has 1 amide bonds. The van der Waals surface area contributed by atoms with E-state index in [1.807, 2.05) is 19.2 Å². The molecular formula is C12H17N3O. The molecule has 1 heterocycles. The number of carbonyl (C=O) groups is 1. The molecule has 0 bridgehead atoms. The quantitative estimate of drug-likeness (QED) is 0.768. The SMILES string of the molecule is Cc1cnccc1CNC(=O)CNC1CC1. The second-order valence-corrected chi connectivity index (χ2v) is 4.23. The van der Waals surface area contributed by atoms with E-state index in [0.717, 1.165) is 11.1 Å². The summed E-state index contributed by atoms with van der Waals surface area (Å²) in [5.41, 5.74) is 2.23. The number of pyridine rings is 1. The Kier molecular flexibility index (Phi) is 3.51. The van der Waals surface area contributed by atoms with Gasteiger partial charge < -0.3 is 10.6 Å². The second-order valence-electron chi connectivity index (χ2n) is 4.23. The van der Waals surface area contributed by atoms with Crippen LogP contribution in [0.4, 0.5) is 0 Å². The maximum Gasteiger partial charge on any atom is 0.234 e. The fraction of sp³-hybridized carbons (Fsp3) is 0.500. The third-order valence-electron chi connectivity index (χ3n) is 2.74. The number of carbonyl (C=O) groups excluding carboxylic acids is 1. The van der Waals surface area contributed by atoms with Gasteiger partial charge >= 0.3 is 0 Å². The van der Waals surface area contributed by atoms with Gasteiger partial charge in [-0.15, -0.1) is 0 Å². The van der Waals surface area contributed by atoms with E-state index in [4.69, 9.17) is 0 Å². The average molecular weight is 219 g/mol. The van der Waals surface area contributed by atoms with E-state index in [1.165, 1.54) is 12.8 Å². The van der Waals surface area contributed by atoms with E-state index in [1.54, 1.807) is 6.20 Å². The lowest BCUT2D eigenvalue weighted by molar-refractivity contribution is -0.120. The van der Waals surface area contributed by atoms with Gasteiger partial charge in [-0.1, -0.05) is 0 Å². The zero-order valence-electron chi connectivity index (χ0n) is 9.49. The standard InChI is InChI=1S/C12H17N3O/c1-9-6-13-5-4-10(9)7-15-12(16)8-14-11-2-3-11/h4-6,11,14H,2-3,7-8H2,1H3,(H,15,16). The number of nitrogens with zero attached hydrogens (tertiary/aromatic N) is 1. The maximum atomic E-state index is 11.5. The van der Waals surface area contributed by atoms with Gasteiger partial charge in [-0.05, 0) is 37.0 Å². The summed E-state index contributed by atoms with van der Waals surface area (Å²) in [5.74, 6) is 0.0584. The number of nitrogens with one attached hydrogen (secondary N) is 2. The van der Waals surface area contributed by atoms with Gasteiger partial charge in [0.15, 0.2) is 0 Å². The minimum absolute atomic E-state index is 0.0584. The molecule has 16 heavy (non-hydrogen) atoms. The van der Waals surface area contributed by atoms with Crippen LogP contribution in [0.15, 0.2) is 18.5 Å². The maximum absolute atomic E-state index is 11.5. The van der Waals surface area contributed by atoms with Crippen molar-refractivity contribution in [2.24, 2.45) is 0 Å². The van der Waals surface area contributed by atoms with Crippen molar-refractivity contribution in [2.45, 2.75) is 32.4 Å². The molecule has 0 atom stereocenters. The van der Waals surface area contributed by atoms with Crippen LogP contribution in [0.1, 0.15) is 24.0 Å². The molecule has 0 spiro atoms. The van der Waals surface area contributed by atoms with Crippen LogP contribution in [0, 0.1) is 6.92 Å². The highest BCUT2D eigenvalue weighted by molar-refractivity contribution is 5.78. The molecule has 2 N–H and O–H groups in total. The topological polar surface area (TPSA) is 54.0 Å². The van der Waals surface area contributed by atoms with Gasteiger partial charge in [0, 0.05) is 25.0 Å². The van der Waals surface area contributed by atoms with E-state index in [9.17, 15) is 4.79 Å². The summed E-state index contributed by atoms with van der Waals surface area (Å²) < 4.78 is 0. The summed E-state index contributed by atoms with van der Waals surface area (Å²) in [5, 5.41) is 6.08. The first kappa shape index (κ1) is 11.1. The largest absolute Gasteiger partial charge is 0.351 e. The first-order valence-electron chi connectivity index (χ1n) is 5.65. The van der Waals surface area contributed by atoms with Crippen LogP contribution in [-0.4, -0.2) is 23.5 Å². The first-order chi connectivity index (χ1) is 7.75. The molecule has 1 aromatic heterocycles. The normalized spacial score (nSPS) is 14.8. The summed E-state index contributed by atoms with van der Waals surface area (Å²) in [6.45, 7) is 3.01. The third-order valence-corrected chi connectivity index (χ3v) is 2.74. The minimum Gasteiger partial charge on any atom is -0.351 e. The zero-order chi connectivity index (χ0) is 11.4. The predicted molar refractivity (Wildman–Crippen MR) is 61.8 cm³/mol. The number of hydrogen-bond acceptors (Lipinski definition) is 3. The Hall–Kier alpha value is -1.42. The summed E-state index contributed by atoms with van der Waals surface area (Å²) in [6, 6.07) is 2.51. The first-order valence-corrected chi connectivity index (χ1v) is 5.65. The van der Waals surface area contributed by atoms with Gasteiger partial charge in [0.25, 0.3) is 0 Å². The van der Waals surface area contributed by atoms with Crippen molar-refractivity contribution in [2.75, 3.05) is 6.54 Å². The van der Waals surface area contributed by atoms with E-state index in [0.29, 0.717) is 19.1 Å². The Bertz CT molecular complexity index is 374. The van der Waals surface area contributed by atoms with Gasteiger partial charge in [-0.3, -0.25) is 9.78 Å². The smallest absolute Gasteiger partial charge is 0.234 e. The van der Waals surface area contributed by atoms with Crippen molar-refractivity contribution in [3.05, 3.63) is 29.6 Å². The number of rotatable bonds is 5. The number of aromatic nitrogens is 1. The monoisotopic (exact) mass is 219 g/mol. The van der Waals surface area contributed by atoms with Gasteiger partial charge in [0.2, 0.25) is 5.91 Å². The van der Waals surface area contributed by atoms with E-state index < -0.39 is 0 Å². The molecule has 4 heteroatoms. The fourth-order valence-electron chi connectivity index (χ4n) is 1.48. The van der Waals surface area contributed by atoms with Crippen molar-refractivity contribution in [3.8, 4) is 0 Å². The molecule has 1 aromatic rings. The molecule has 0 radical (unpaired) electrons. The van der Waals surface area contributed by atoms with Crippen LogP contribution in [-0.2, 0) is 11.3 Å². The molecule has 1 saturated carbocycles. The van der Waals surface area contributed by atoms with Gasteiger partial charge in [0.05, 0.1) is 6.54 Å². The molecule has 1 aliphatic carbocycles. The molecule has 4 nitrogen and oxygen atoms in total. The molecule has 0 aromatic carbocycles. The van der Waals surface area contributed by atoms with Crippen LogP contribution in [0.3, 0.4) is 0 Å². The lowest BCUT2D eigenvalue weighted by Crippen LogP contribution is -2.34. The van der Waals surface area contributed by atoms with Gasteiger partial charge in [-0.25, -0.2) is 0 Å². The highest BCUT2D eigenvalue weighted by Crippen LogP contribution is 2.17. The van der Waals surface area contributed by atoms with Crippen molar-refractivity contribution in [1.29, 1.82) is 0 Å². The van der Waals surface area contributed by atoms with Crippen LogP contribution in [0.5, 0.6) is 0 Å². The molecule has 86 valence electrons. The minimum atomic E-state index is 0.0584. The molecule has 0 unspecified atom stereocenters. The second kappa shape index (κ2) is 5.07. The number of aryl methyl sites for hydroxylation is 1. The Morgan fingerprint density at radius 2 is 2.38 bits per heavy atom. The predicted octanol–water partition coefficient (Wildman–Crippen LogP) is 0.758. The van der Waals surface area contributed by atoms with Crippen molar-refractivity contribution >= 4 is 5.91 Å². The van der Waals surface area contributed by atoms with E-state index in [-0.39, 0.29) is 5.91 Å². The van der Waals surface area contributed by atoms with Gasteiger partial charge in [-0.2, -0.15) is 0 Å². The molecular weight excluding hydrogens is 202 g/mol. The summed E-state index contributed by atoms with van der Waals surface area (Å²) in [4.78, 5) is 15.5. The fourth-order valence-corrected chi connectivity index (χ4v) is 1.48. The molecule has 2 rings (SSSR count). The molecule has 1 fully saturated rings. The summed E-state index contributed by atoms with van der Waals surface area (Å²) in [7, 11) is 0.